The fourth-order valence-electron chi connectivity index (χ4n) is 4.71. The lowest BCUT2D eigenvalue weighted by atomic mass is 9.73. The number of carbonyl (C=O) groups excluding carboxylic acids is 2. The zero-order valence-corrected chi connectivity index (χ0v) is 20.3. The Kier molecular flexibility index (Phi) is 6.12. The first-order valence-corrected chi connectivity index (χ1v) is 11.7. The lowest BCUT2D eigenvalue weighted by molar-refractivity contribution is -0.120. The molecular weight excluding hydrogens is 443 g/mol. The average molecular weight is 471 g/mol. The second-order valence-corrected chi connectivity index (χ2v) is 10.7. The number of nitrogens with zero attached hydrogens (tertiary/aromatic N) is 1. The molecule has 0 radical (unpaired) electrons. The molecule has 1 aliphatic heterocycles. The van der Waals surface area contributed by atoms with Crippen molar-refractivity contribution < 1.29 is 9.59 Å². The monoisotopic (exact) mass is 470 g/mol. The molecule has 2 aromatic rings. The molecule has 1 N–H and O–H groups in total. The Balaban J connectivity index is 2.00. The van der Waals surface area contributed by atoms with Gasteiger partial charge in [0, 0.05) is 24.1 Å². The Morgan fingerprint density at radius 3 is 2.53 bits per heavy atom. The Morgan fingerprint density at radius 1 is 1.12 bits per heavy atom. The summed E-state index contributed by atoms with van der Waals surface area (Å²) in [6.45, 7) is 8.24. The quantitative estimate of drug-likeness (QED) is 0.516. The van der Waals surface area contributed by atoms with Gasteiger partial charge in [-0.05, 0) is 47.6 Å². The molecule has 4 nitrogen and oxygen atoms in total. The molecule has 1 amide bonds. The summed E-state index contributed by atoms with van der Waals surface area (Å²) < 4.78 is 0. The summed E-state index contributed by atoms with van der Waals surface area (Å²) in [4.78, 5) is 29.0. The van der Waals surface area contributed by atoms with Crippen LogP contribution in [0.4, 0.5) is 11.4 Å². The molecule has 2 aromatic carbocycles. The molecular formula is C26H28Cl2N2O2. The number of carbonyl (C=O) groups is 2. The summed E-state index contributed by atoms with van der Waals surface area (Å²) >= 11 is 12.6. The number of nitrogens with one attached hydrogen (secondary N) is 1. The van der Waals surface area contributed by atoms with Crippen LogP contribution in [0.15, 0.2) is 53.7 Å². The van der Waals surface area contributed by atoms with E-state index in [0.29, 0.717) is 34.9 Å². The molecule has 0 aromatic heterocycles. The van der Waals surface area contributed by atoms with Crippen molar-refractivity contribution in [3.05, 3.63) is 69.3 Å². The molecule has 0 spiro atoms. The van der Waals surface area contributed by atoms with Crippen LogP contribution in [-0.4, -0.2) is 11.7 Å². The lowest BCUT2D eigenvalue weighted by Gasteiger charge is -2.37. The van der Waals surface area contributed by atoms with E-state index in [1.165, 1.54) is 0 Å². The third-order valence-corrected chi connectivity index (χ3v) is 6.75. The molecule has 0 unspecified atom stereocenters. The van der Waals surface area contributed by atoms with Gasteiger partial charge in [0.2, 0.25) is 5.91 Å². The zero-order valence-electron chi connectivity index (χ0n) is 18.8. The second kappa shape index (κ2) is 8.57. The molecule has 0 saturated heterocycles. The number of hydrogen-bond acceptors (Lipinski definition) is 3. The minimum Gasteiger partial charge on any atom is -0.357 e. The average Bonchev–Trinajstić information content (AvgIpc) is 2.82. The highest BCUT2D eigenvalue weighted by atomic mass is 35.5. The van der Waals surface area contributed by atoms with Crippen LogP contribution in [0.1, 0.15) is 58.6 Å². The second-order valence-electron chi connectivity index (χ2n) is 9.91. The maximum Gasteiger partial charge on any atom is 0.228 e. The molecule has 1 aliphatic carbocycles. The Bertz CT molecular complexity index is 1120. The van der Waals surface area contributed by atoms with Gasteiger partial charge in [0.05, 0.1) is 27.5 Å². The molecule has 2 aliphatic rings. The lowest BCUT2D eigenvalue weighted by Crippen LogP contribution is -2.40. The van der Waals surface area contributed by atoms with E-state index in [-0.39, 0.29) is 23.0 Å². The normalized spacial score (nSPS) is 19.9. The van der Waals surface area contributed by atoms with Crippen molar-refractivity contribution in [1.29, 1.82) is 0 Å². The molecule has 1 atom stereocenters. The molecule has 0 saturated carbocycles. The first-order chi connectivity index (χ1) is 15.1. The summed E-state index contributed by atoms with van der Waals surface area (Å²) in [7, 11) is 0. The van der Waals surface area contributed by atoms with E-state index in [1.54, 1.807) is 17.0 Å². The van der Waals surface area contributed by atoms with Crippen molar-refractivity contribution in [2.45, 2.75) is 53.0 Å². The number of para-hydroxylation sites is 2. The van der Waals surface area contributed by atoms with Gasteiger partial charge in [-0.3, -0.25) is 14.5 Å². The van der Waals surface area contributed by atoms with Crippen molar-refractivity contribution >= 4 is 46.3 Å². The van der Waals surface area contributed by atoms with Gasteiger partial charge in [-0.25, -0.2) is 0 Å². The third kappa shape index (κ3) is 4.31. The van der Waals surface area contributed by atoms with E-state index in [1.807, 2.05) is 44.2 Å². The van der Waals surface area contributed by atoms with Crippen LogP contribution in [0.2, 0.25) is 10.0 Å². The van der Waals surface area contributed by atoms with Gasteiger partial charge in [0.25, 0.3) is 0 Å². The van der Waals surface area contributed by atoms with Crippen molar-refractivity contribution in [1.82, 2.24) is 0 Å². The van der Waals surface area contributed by atoms with E-state index in [0.717, 1.165) is 22.6 Å². The van der Waals surface area contributed by atoms with E-state index < -0.39 is 6.04 Å². The van der Waals surface area contributed by atoms with Crippen molar-refractivity contribution in [3.63, 3.8) is 0 Å². The highest BCUT2D eigenvalue weighted by molar-refractivity contribution is 6.42. The van der Waals surface area contributed by atoms with Crippen molar-refractivity contribution in [2.24, 2.45) is 11.3 Å². The topological polar surface area (TPSA) is 49.4 Å². The predicted molar refractivity (Wildman–Crippen MR) is 131 cm³/mol. The Hall–Kier alpha value is -2.30. The third-order valence-electron chi connectivity index (χ3n) is 6.01. The summed E-state index contributed by atoms with van der Waals surface area (Å²) in [5.74, 6) is 0.196. The van der Waals surface area contributed by atoms with Gasteiger partial charge in [-0.1, -0.05) is 69.1 Å². The summed E-state index contributed by atoms with van der Waals surface area (Å²) in [5, 5.41) is 4.35. The Morgan fingerprint density at radius 2 is 1.84 bits per heavy atom. The van der Waals surface area contributed by atoms with Crippen molar-refractivity contribution in [2.75, 3.05) is 10.2 Å². The highest BCUT2D eigenvalue weighted by Gasteiger charge is 2.43. The van der Waals surface area contributed by atoms with Crippen LogP contribution < -0.4 is 10.2 Å². The summed E-state index contributed by atoms with van der Waals surface area (Å²) in [6.07, 6.45) is 1.51. The number of hydrogen-bond donors (Lipinski definition) is 1. The number of anilines is 2. The first kappa shape index (κ1) is 22.9. The summed E-state index contributed by atoms with van der Waals surface area (Å²) in [6, 6.07) is 12.5. The highest BCUT2D eigenvalue weighted by Crippen LogP contribution is 2.49. The molecule has 0 fully saturated rings. The molecule has 0 bridgehead atoms. The fraction of sp³-hybridized carbons (Fsp3) is 0.385. The number of benzene rings is 2. The number of fused-ring (bicyclic) bond motifs is 1. The van der Waals surface area contributed by atoms with Gasteiger partial charge >= 0.3 is 0 Å². The van der Waals surface area contributed by atoms with Crippen LogP contribution in [0.3, 0.4) is 0 Å². The van der Waals surface area contributed by atoms with Crippen LogP contribution >= 0.6 is 23.2 Å². The maximum absolute atomic E-state index is 13.7. The van der Waals surface area contributed by atoms with Crippen molar-refractivity contribution in [3.8, 4) is 0 Å². The molecule has 1 heterocycles. The molecule has 4 rings (SSSR count). The number of amides is 1. The van der Waals surface area contributed by atoms with Crippen LogP contribution in [0, 0.1) is 11.3 Å². The number of halogens is 2. The van der Waals surface area contributed by atoms with Gasteiger partial charge in [-0.2, -0.15) is 0 Å². The summed E-state index contributed by atoms with van der Waals surface area (Å²) in [5.41, 5.74) is 3.69. The SMILES string of the molecule is CC(C)CC(=O)N1c2ccccc2NC2=C(C(=O)CC(C)(C)C2)[C@H]1c1ccc(Cl)c(Cl)c1. The Labute approximate surface area is 199 Å². The molecule has 168 valence electrons. The maximum atomic E-state index is 13.7. The fourth-order valence-corrected chi connectivity index (χ4v) is 5.01. The number of rotatable bonds is 3. The van der Waals surface area contributed by atoms with Gasteiger partial charge < -0.3 is 5.32 Å². The van der Waals surface area contributed by atoms with E-state index in [2.05, 4.69) is 19.2 Å². The van der Waals surface area contributed by atoms with Crippen LogP contribution in [-0.2, 0) is 9.59 Å². The van der Waals surface area contributed by atoms with Gasteiger partial charge in [-0.15, -0.1) is 0 Å². The number of Topliss-reactive ketones (excluding diaryl/α,β-unsaturated/α-hetero) is 1. The molecule has 32 heavy (non-hydrogen) atoms. The minimum atomic E-state index is -0.578. The predicted octanol–water partition coefficient (Wildman–Crippen LogP) is 7.18. The standard InChI is InChI=1S/C26H28Cl2N2O2/c1-15(2)11-23(32)30-21-8-6-5-7-19(21)29-20-13-26(3,4)14-22(31)24(20)25(30)16-9-10-17(27)18(28)12-16/h5-10,12,15,25,29H,11,13-14H2,1-4H3/t25-/m1/s1. The van der Waals surface area contributed by atoms with E-state index in [4.69, 9.17) is 23.2 Å². The largest absolute Gasteiger partial charge is 0.357 e. The van der Waals surface area contributed by atoms with Gasteiger partial charge in [0.1, 0.15) is 0 Å². The van der Waals surface area contributed by atoms with E-state index in [9.17, 15) is 9.59 Å². The first-order valence-electron chi connectivity index (χ1n) is 11.0. The van der Waals surface area contributed by atoms with Crippen LogP contribution in [0.5, 0.6) is 0 Å². The zero-order chi connectivity index (χ0) is 23.2. The van der Waals surface area contributed by atoms with E-state index >= 15 is 0 Å². The molecule has 6 heteroatoms. The smallest absolute Gasteiger partial charge is 0.228 e. The van der Waals surface area contributed by atoms with Gasteiger partial charge in [0.15, 0.2) is 5.78 Å². The van der Waals surface area contributed by atoms with Crippen LogP contribution in [0.25, 0.3) is 0 Å². The number of ketones is 1. The minimum absolute atomic E-state index is 0.0308. The number of allylic oxidation sites excluding steroid dienone is 1.